The molecule has 0 unspecified atom stereocenters. The summed E-state index contributed by atoms with van der Waals surface area (Å²) in [5.41, 5.74) is 1.72. The molecule has 1 fully saturated rings. The molecule has 0 spiro atoms. The monoisotopic (exact) mass is 427 g/mol. The van der Waals surface area contributed by atoms with Crippen molar-refractivity contribution in [2.24, 2.45) is 0 Å². The number of aromatic nitrogens is 4. The van der Waals surface area contributed by atoms with Crippen LogP contribution in [-0.4, -0.2) is 27.3 Å². The van der Waals surface area contributed by atoms with Gasteiger partial charge in [0.25, 0.3) is 0 Å². The Hall–Kier alpha value is -2.41. The number of hydrogen-bond donors (Lipinski definition) is 1. The van der Waals surface area contributed by atoms with Crippen molar-refractivity contribution >= 4 is 21.6 Å². The third kappa shape index (κ3) is 3.69. The van der Waals surface area contributed by atoms with Crippen LogP contribution in [0.15, 0.2) is 53.0 Å². The van der Waals surface area contributed by atoms with Crippen molar-refractivity contribution in [1.82, 2.24) is 20.2 Å². The molecule has 1 aliphatic rings. The van der Waals surface area contributed by atoms with E-state index in [-0.39, 0.29) is 5.54 Å². The van der Waals surface area contributed by atoms with Gasteiger partial charge in [0.05, 0.1) is 18.3 Å². The first-order valence-corrected chi connectivity index (χ1v) is 9.97. The van der Waals surface area contributed by atoms with E-state index < -0.39 is 0 Å². The Balaban J connectivity index is 1.72. The minimum Gasteiger partial charge on any atom is -0.497 e. The van der Waals surface area contributed by atoms with Gasteiger partial charge in [0.1, 0.15) is 5.75 Å². The van der Waals surface area contributed by atoms with E-state index in [1.54, 1.807) is 7.11 Å². The maximum atomic E-state index is 5.26. The molecule has 2 aromatic carbocycles. The standard InChI is InChI=1S/C20H22BrN5O/c1-27-18-11-9-17(10-12-18)26-19(23-24-25-26)20(13-3-2-4-14-20)22-16-7-5-15(21)6-8-16/h5-12,22H,2-4,13-14H2,1H3. The number of ether oxygens (including phenoxy) is 1. The highest BCUT2D eigenvalue weighted by atomic mass is 79.9. The summed E-state index contributed by atoms with van der Waals surface area (Å²) in [6, 6.07) is 16.1. The van der Waals surface area contributed by atoms with Crippen LogP contribution in [0.2, 0.25) is 0 Å². The van der Waals surface area contributed by atoms with Crippen LogP contribution in [0, 0.1) is 0 Å². The van der Waals surface area contributed by atoms with Crippen molar-refractivity contribution < 1.29 is 4.74 Å². The van der Waals surface area contributed by atoms with Gasteiger partial charge in [-0.15, -0.1) is 5.10 Å². The Labute approximate surface area is 167 Å². The molecule has 0 radical (unpaired) electrons. The van der Waals surface area contributed by atoms with E-state index in [9.17, 15) is 0 Å². The lowest BCUT2D eigenvalue weighted by Crippen LogP contribution is -2.40. The molecule has 1 heterocycles. The molecule has 27 heavy (non-hydrogen) atoms. The molecule has 0 saturated heterocycles. The zero-order chi connectivity index (χ0) is 18.7. The summed E-state index contributed by atoms with van der Waals surface area (Å²) in [5.74, 6) is 1.67. The molecule has 0 bridgehead atoms. The maximum absolute atomic E-state index is 5.26. The summed E-state index contributed by atoms with van der Waals surface area (Å²) in [6.45, 7) is 0. The Morgan fingerprint density at radius 2 is 1.70 bits per heavy atom. The normalized spacial score (nSPS) is 16.1. The Bertz CT molecular complexity index is 885. The number of tetrazole rings is 1. The molecule has 3 aromatic rings. The molecular formula is C20H22BrN5O. The fraction of sp³-hybridized carbons (Fsp3) is 0.350. The third-order valence-corrected chi connectivity index (χ3v) is 5.68. The minimum atomic E-state index is -0.282. The van der Waals surface area contributed by atoms with Gasteiger partial charge in [0.2, 0.25) is 0 Å². The largest absolute Gasteiger partial charge is 0.497 e. The quantitative estimate of drug-likeness (QED) is 0.638. The predicted octanol–water partition coefficient (Wildman–Crippen LogP) is 4.70. The summed E-state index contributed by atoms with van der Waals surface area (Å²) in [6.07, 6.45) is 5.55. The van der Waals surface area contributed by atoms with Crippen molar-refractivity contribution in [3.05, 3.63) is 58.8 Å². The lowest BCUT2D eigenvalue weighted by atomic mass is 9.80. The smallest absolute Gasteiger partial charge is 0.181 e. The van der Waals surface area contributed by atoms with Gasteiger partial charge in [0.15, 0.2) is 5.82 Å². The maximum Gasteiger partial charge on any atom is 0.181 e. The van der Waals surface area contributed by atoms with E-state index in [1.807, 2.05) is 41.1 Å². The van der Waals surface area contributed by atoms with Gasteiger partial charge in [-0.25, -0.2) is 0 Å². The molecule has 1 saturated carbocycles. The molecule has 1 N–H and O–H groups in total. The summed E-state index contributed by atoms with van der Waals surface area (Å²) >= 11 is 3.50. The second-order valence-electron chi connectivity index (χ2n) is 6.89. The average Bonchev–Trinajstić information content (AvgIpc) is 3.21. The van der Waals surface area contributed by atoms with Crippen molar-refractivity contribution in [2.75, 3.05) is 12.4 Å². The van der Waals surface area contributed by atoms with Crippen LogP contribution in [0.3, 0.4) is 0 Å². The van der Waals surface area contributed by atoms with E-state index in [2.05, 4.69) is 48.9 Å². The van der Waals surface area contributed by atoms with Gasteiger partial charge in [-0.05, 0) is 71.8 Å². The third-order valence-electron chi connectivity index (χ3n) is 5.15. The van der Waals surface area contributed by atoms with Gasteiger partial charge in [-0.3, -0.25) is 0 Å². The van der Waals surface area contributed by atoms with E-state index in [1.165, 1.54) is 6.42 Å². The Morgan fingerprint density at radius 3 is 2.37 bits per heavy atom. The second kappa shape index (κ2) is 7.68. The number of benzene rings is 2. The van der Waals surface area contributed by atoms with Crippen LogP contribution in [0.5, 0.6) is 5.75 Å². The van der Waals surface area contributed by atoms with Crippen LogP contribution < -0.4 is 10.1 Å². The Morgan fingerprint density at radius 1 is 1.00 bits per heavy atom. The van der Waals surface area contributed by atoms with Crippen molar-refractivity contribution in [1.29, 1.82) is 0 Å². The van der Waals surface area contributed by atoms with E-state index in [4.69, 9.17) is 4.74 Å². The van der Waals surface area contributed by atoms with Crippen LogP contribution in [0.25, 0.3) is 5.69 Å². The fourth-order valence-corrected chi connectivity index (χ4v) is 4.02. The lowest BCUT2D eigenvalue weighted by Gasteiger charge is -2.37. The number of rotatable bonds is 5. The van der Waals surface area contributed by atoms with Crippen molar-refractivity contribution in [3.8, 4) is 11.4 Å². The molecule has 140 valence electrons. The highest BCUT2D eigenvalue weighted by molar-refractivity contribution is 9.10. The SMILES string of the molecule is COc1ccc(-n2nnnc2C2(Nc3ccc(Br)cc3)CCCCC2)cc1. The first kappa shape index (κ1) is 18.0. The summed E-state index contributed by atoms with van der Waals surface area (Å²) in [5, 5.41) is 16.5. The van der Waals surface area contributed by atoms with Crippen LogP contribution in [-0.2, 0) is 5.54 Å². The highest BCUT2D eigenvalue weighted by Crippen LogP contribution is 2.39. The summed E-state index contributed by atoms with van der Waals surface area (Å²) in [4.78, 5) is 0. The highest BCUT2D eigenvalue weighted by Gasteiger charge is 2.39. The van der Waals surface area contributed by atoms with Crippen LogP contribution in [0.1, 0.15) is 37.9 Å². The zero-order valence-corrected chi connectivity index (χ0v) is 16.8. The zero-order valence-electron chi connectivity index (χ0n) is 15.2. The molecular weight excluding hydrogens is 406 g/mol. The van der Waals surface area contributed by atoms with Gasteiger partial charge in [-0.2, -0.15) is 4.68 Å². The molecule has 4 rings (SSSR count). The number of nitrogens with zero attached hydrogens (tertiary/aromatic N) is 4. The number of nitrogens with one attached hydrogen (secondary N) is 1. The van der Waals surface area contributed by atoms with Crippen molar-refractivity contribution in [2.45, 2.75) is 37.6 Å². The first-order valence-electron chi connectivity index (χ1n) is 9.17. The number of halogens is 1. The predicted molar refractivity (Wildman–Crippen MR) is 108 cm³/mol. The second-order valence-corrected chi connectivity index (χ2v) is 7.80. The van der Waals surface area contributed by atoms with Gasteiger partial charge < -0.3 is 10.1 Å². The molecule has 6 nitrogen and oxygen atoms in total. The molecule has 0 aliphatic heterocycles. The first-order chi connectivity index (χ1) is 13.2. The summed E-state index contributed by atoms with van der Waals surface area (Å²) in [7, 11) is 1.66. The molecule has 7 heteroatoms. The van der Waals surface area contributed by atoms with E-state index in [0.29, 0.717) is 0 Å². The van der Waals surface area contributed by atoms with E-state index in [0.717, 1.165) is 53.1 Å². The summed E-state index contributed by atoms with van der Waals surface area (Å²) < 4.78 is 8.17. The van der Waals surface area contributed by atoms with Gasteiger partial charge in [-0.1, -0.05) is 35.2 Å². The number of methoxy groups -OCH3 is 1. The minimum absolute atomic E-state index is 0.282. The average molecular weight is 428 g/mol. The topological polar surface area (TPSA) is 64.9 Å². The fourth-order valence-electron chi connectivity index (χ4n) is 3.75. The van der Waals surface area contributed by atoms with Crippen LogP contribution >= 0.6 is 15.9 Å². The van der Waals surface area contributed by atoms with Crippen LogP contribution in [0.4, 0.5) is 5.69 Å². The number of hydrogen-bond acceptors (Lipinski definition) is 5. The molecule has 1 aliphatic carbocycles. The van der Waals surface area contributed by atoms with E-state index >= 15 is 0 Å². The molecule has 0 amide bonds. The Kier molecular flexibility index (Phi) is 5.11. The molecule has 1 aromatic heterocycles. The van der Waals surface area contributed by atoms with Crippen molar-refractivity contribution in [3.63, 3.8) is 0 Å². The van der Waals surface area contributed by atoms with Gasteiger partial charge in [0, 0.05) is 10.2 Å². The number of anilines is 1. The van der Waals surface area contributed by atoms with Gasteiger partial charge >= 0.3 is 0 Å². The molecule has 0 atom stereocenters. The lowest BCUT2D eigenvalue weighted by molar-refractivity contribution is 0.309.